The number of ether oxygens (including phenoxy) is 1. The SMILES string of the molecule is C[C@H](CCSc1ccc(N2CCOCC2)cc1)Nc1ccc(S(=O)(=O)NC(=O)c2ccc(N3CCN(CC4=C(c5ccc(Cl)cc5)CCC(C)(C)C4)CC3)cc2)cc1S(=O)(=O)C(F)(F)F. The molecule has 11 nitrogen and oxygen atoms in total. The molecule has 1 amide bonds. The third-order valence-corrected chi connectivity index (χ3v) is 16.3. The number of hydrogen-bond donors (Lipinski definition) is 2. The zero-order valence-corrected chi connectivity index (χ0v) is 39.9. The molecule has 7 rings (SSSR count). The first-order valence-corrected chi connectivity index (χ1v) is 26.0. The van der Waals surface area contributed by atoms with Gasteiger partial charge < -0.3 is 19.9 Å². The molecule has 350 valence electrons. The lowest BCUT2D eigenvalue weighted by atomic mass is 9.73. The number of carbonyl (C=O) groups excluding carboxylic acids is 1. The van der Waals surface area contributed by atoms with Gasteiger partial charge in [0.1, 0.15) is 4.90 Å². The van der Waals surface area contributed by atoms with E-state index in [1.165, 1.54) is 28.8 Å². The predicted octanol–water partition coefficient (Wildman–Crippen LogP) is 9.36. The minimum Gasteiger partial charge on any atom is -0.382 e. The van der Waals surface area contributed by atoms with Crippen LogP contribution in [0.4, 0.5) is 30.2 Å². The summed E-state index contributed by atoms with van der Waals surface area (Å²) in [6.45, 7) is 13.3. The number of morpholine rings is 1. The smallest absolute Gasteiger partial charge is 0.382 e. The number of piperazine rings is 1. The molecule has 65 heavy (non-hydrogen) atoms. The van der Waals surface area contributed by atoms with Crippen molar-refractivity contribution in [1.29, 1.82) is 0 Å². The van der Waals surface area contributed by atoms with Gasteiger partial charge in [0.15, 0.2) is 0 Å². The standard InChI is InChI=1S/C47H55ClF3N5O6S3/c1-33(19-29-63-40-14-12-39(13-15-40)56-25-27-62-28-26-56)52-43-17-16-41(30-44(43)64(58,59)47(49,50)51)65(60,61)53-45(57)35-6-10-38(11-7-35)55-23-21-54(22-24-55)32-36-31-46(2,3)20-18-42(36)34-4-8-37(48)9-5-34/h4-17,30,33,52H,18-29,31-32H2,1-3H3,(H,53,57)/t33-/m1/s1. The number of carbonyl (C=O) groups is 1. The highest BCUT2D eigenvalue weighted by atomic mass is 35.5. The predicted molar refractivity (Wildman–Crippen MR) is 253 cm³/mol. The van der Waals surface area contributed by atoms with Gasteiger partial charge in [-0.15, -0.1) is 11.8 Å². The van der Waals surface area contributed by atoms with E-state index in [9.17, 15) is 34.8 Å². The minimum atomic E-state index is -6.01. The highest BCUT2D eigenvalue weighted by Crippen LogP contribution is 2.43. The Labute approximate surface area is 389 Å². The van der Waals surface area contributed by atoms with Crippen LogP contribution in [0.1, 0.15) is 62.4 Å². The monoisotopic (exact) mass is 973 g/mol. The van der Waals surface area contributed by atoms with Crippen LogP contribution in [0, 0.1) is 5.41 Å². The van der Waals surface area contributed by atoms with Crippen molar-refractivity contribution in [1.82, 2.24) is 9.62 Å². The van der Waals surface area contributed by atoms with E-state index in [4.69, 9.17) is 16.3 Å². The van der Waals surface area contributed by atoms with E-state index in [0.717, 1.165) is 93.5 Å². The minimum absolute atomic E-state index is 0.00120. The molecule has 2 heterocycles. The maximum Gasteiger partial charge on any atom is 0.501 e. The highest BCUT2D eigenvalue weighted by Gasteiger charge is 2.48. The van der Waals surface area contributed by atoms with Gasteiger partial charge in [0, 0.05) is 78.7 Å². The van der Waals surface area contributed by atoms with Gasteiger partial charge in [0.05, 0.1) is 23.8 Å². The fourth-order valence-corrected chi connectivity index (χ4v) is 11.6. The number of alkyl halides is 3. The molecule has 0 saturated carbocycles. The van der Waals surface area contributed by atoms with Crippen LogP contribution in [0.2, 0.25) is 5.02 Å². The van der Waals surface area contributed by atoms with Crippen molar-refractivity contribution < 1.29 is 39.5 Å². The molecule has 1 aliphatic carbocycles. The third kappa shape index (κ3) is 12.2. The van der Waals surface area contributed by atoms with Gasteiger partial charge in [0.25, 0.3) is 25.8 Å². The van der Waals surface area contributed by atoms with Crippen LogP contribution >= 0.6 is 23.4 Å². The number of halogens is 4. The Hall–Kier alpha value is -4.26. The molecule has 18 heteroatoms. The summed E-state index contributed by atoms with van der Waals surface area (Å²) >= 11 is 7.72. The first-order chi connectivity index (χ1) is 30.8. The van der Waals surface area contributed by atoms with E-state index in [1.54, 1.807) is 30.8 Å². The van der Waals surface area contributed by atoms with Crippen molar-refractivity contribution in [3.8, 4) is 0 Å². The Balaban J connectivity index is 0.956. The molecule has 4 aromatic rings. The first kappa shape index (κ1) is 48.7. The van der Waals surface area contributed by atoms with Crippen LogP contribution < -0.4 is 19.8 Å². The molecule has 0 bridgehead atoms. The number of hydrogen-bond acceptors (Lipinski definition) is 11. The molecule has 0 unspecified atom stereocenters. The second kappa shape index (κ2) is 20.3. The largest absolute Gasteiger partial charge is 0.501 e. The lowest BCUT2D eigenvalue weighted by Crippen LogP contribution is -2.47. The van der Waals surface area contributed by atoms with Crippen LogP contribution in [0.3, 0.4) is 0 Å². The molecule has 4 aromatic carbocycles. The quantitative estimate of drug-likeness (QED) is 0.111. The molecule has 0 radical (unpaired) electrons. The van der Waals surface area contributed by atoms with E-state index in [2.05, 4.69) is 46.0 Å². The maximum atomic E-state index is 14.0. The number of allylic oxidation sites excluding steroid dienone is 1. The Morgan fingerprint density at radius 2 is 1.46 bits per heavy atom. The summed E-state index contributed by atoms with van der Waals surface area (Å²) < 4.78 is 102. The lowest BCUT2D eigenvalue weighted by Gasteiger charge is -2.39. The van der Waals surface area contributed by atoms with Gasteiger partial charge in [0.2, 0.25) is 0 Å². The van der Waals surface area contributed by atoms with E-state index in [-0.39, 0.29) is 11.0 Å². The van der Waals surface area contributed by atoms with E-state index >= 15 is 0 Å². The van der Waals surface area contributed by atoms with Gasteiger partial charge in [-0.05, 0) is 134 Å². The molecule has 2 N–H and O–H groups in total. The van der Waals surface area contributed by atoms with Crippen LogP contribution in [-0.4, -0.2) is 104 Å². The van der Waals surface area contributed by atoms with Gasteiger partial charge in [-0.1, -0.05) is 43.2 Å². The Bertz CT molecular complexity index is 2560. The number of sulfone groups is 1. The molecular weight excluding hydrogens is 919 g/mol. The number of nitrogens with zero attached hydrogens (tertiary/aromatic N) is 3. The number of nitrogens with one attached hydrogen (secondary N) is 2. The van der Waals surface area contributed by atoms with Crippen molar-refractivity contribution in [3.05, 3.63) is 113 Å². The zero-order chi connectivity index (χ0) is 46.6. The van der Waals surface area contributed by atoms with E-state index < -0.39 is 52.8 Å². The van der Waals surface area contributed by atoms with Gasteiger partial charge in [-0.3, -0.25) is 9.69 Å². The number of benzene rings is 4. The molecule has 0 spiro atoms. The van der Waals surface area contributed by atoms with Gasteiger partial charge in [-0.2, -0.15) is 13.2 Å². The summed E-state index contributed by atoms with van der Waals surface area (Å²) in [6.07, 6.45) is 3.60. The molecule has 2 saturated heterocycles. The van der Waals surface area contributed by atoms with Gasteiger partial charge >= 0.3 is 5.51 Å². The molecule has 3 aliphatic rings. The summed E-state index contributed by atoms with van der Waals surface area (Å²) in [4.78, 5) is 19.1. The Kier molecular flexibility index (Phi) is 15.2. The van der Waals surface area contributed by atoms with E-state index in [0.29, 0.717) is 36.5 Å². The maximum absolute atomic E-state index is 14.0. The van der Waals surface area contributed by atoms with Crippen molar-refractivity contribution >= 4 is 71.8 Å². The summed E-state index contributed by atoms with van der Waals surface area (Å²) in [5.41, 5.74) is 0.0859. The lowest BCUT2D eigenvalue weighted by molar-refractivity contribution is -0.0435. The topological polar surface area (TPSA) is 128 Å². The second-order valence-corrected chi connectivity index (χ2v) is 22.8. The second-order valence-electron chi connectivity index (χ2n) is 17.6. The van der Waals surface area contributed by atoms with Crippen LogP contribution in [-0.2, 0) is 24.6 Å². The van der Waals surface area contributed by atoms with Gasteiger partial charge in [-0.25, -0.2) is 21.6 Å². The molecule has 1 atom stereocenters. The zero-order valence-electron chi connectivity index (χ0n) is 36.7. The fourth-order valence-electron chi connectivity index (χ4n) is 8.46. The summed E-state index contributed by atoms with van der Waals surface area (Å²) in [7, 11) is -10.8. The fraction of sp³-hybridized carbons (Fsp3) is 0.426. The van der Waals surface area contributed by atoms with Crippen molar-refractivity contribution in [2.75, 3.05) is 79.9 Å². The molecule has 2 aliphatic heterocycles. The number of thioether (sulfide) groups is 1. The average Bonchev–Trinajstić information content (AvgIpc) is 3.27. The number of rotatable bonds is 15. The first-order valence-electron chi connectivity index (χ1n) is 21.7. The van der Waals surface area contributed by atoms with Crippen molar-refractivity contribution in [2.24, 2.45) is 5.41 Å². The number of sulfonamides is 1. The third-order valence-electron chi connectivity index (χ3n) is 12.2. The van der Waals surface area contributed by atoms with Crippen LogP contribution in [0.15, 0.2) is 111 Å². The van der Waals surface area contributed by atoms with Crippen molar-refractivity contribution in [3.63, 3.8) is 0 Å². The molecule has 2 fully saturated rings. The Morgan fingerprint density at radius 1 is 0.846 bits per heavy atom. The summed E-state index contributed by atoms with van der Waals surface area (Å²) in [5.74, 6) is -0.460. The number of anilines is 3. The average molecular weight is 975 g/mol. The van der Waals surface area contributed by atoms with Crippen LogP contribution in [0.5, 0.6) is 0 Å². The van der Waals surface area contributed by atoms with Crippen LogP contribution in [0.25, 0.3) is 5.57 Å². The van der Waals surface area contributed by atoms with Crippen molar-refractivity contribution in [2.45, 2.75) is 72.7 Å². The summed E-state index contributed by atoms with van der Waals surface area (Å²) in [5, 5.41) is 3.55. The van der Waals surface area contributed by atoms with E-state index in [1.807, 2.05) is 41.1 Å². The normalized spacial score (nSPS) is 18.1. The summed E-state index contributed by atoms with van der Waals surface area (Å²) in [6, 6.07) is 24.4. The molecule has 0 aromatic heterocycles. The highest BCUT2D eigenvalue weighted by molar-refractivity contribution is 7.99. The molecular formula is C47H55ClF3N5O6S3. The number of amides is 1. The Morgan fingerprint density at radius 3 is 2.09 bits per heavy atom.